The Bertz CT molecular complexity index is 1050. The summed E-state index contributed by atoms with van der Waals surface area (Å²) in [4.78, 5) is 29.8. The molecular weight excluding hydrogens is 376 g/mol. The van der Waals surface area contributed by atoms with Crippen LogP contribution in [0.25, 0.3) is 10.9 Å². The van der Waals surface area contributed by atoms with Gasteiger partial charge in [-0.25, -0.2) is 0 Å². The van der Waals surface area contributed by atoms with E-state index in [-0.39, 0.29) is 5.91 Å². The molecule has 0 bridgehead atoms. The van der Waals surface area contributed by atoms with Crippen molar-refractivity contribution in [3.63, 3.8) is 0 Å². The van der Waals surface area contributed by atoms with Crippen molar-refractivity contribution in [2.75, 3.05) is 23.3 Å². The molecule has 6 nitrogen and oxygen atoms in total. The Morgan fingerprint density at radius 3 is 2.57 bits per heavy atom. The lowest BCUT2D eigenvalue weighted by Gasteiger charge is -2.30. The Morgan fingerprint density at radius 2 is 1.82 bits per heavy atom. The highest BCUT2D eigenvalue weighted by Gasteiger charge is 2.19. The van der Waals surface area contributed by atoms with Gasteiger partial charge in [0.15, 0.2) is 0 Å². The molecule has 1 aliphatic heterocycles. The number of benzene rings is 2. The van der Waals surface area contributed by atoms with Crippen molar-refractivity contribution in [3.05, 3.63) is 58.7 Å². The number of nitrogens with zero attached hydrogens (tertiary/aromatic N) is 1. The van der Waals surface area contributed by atoms with Crippen molar-refractivity contribution in [3.8, 4) is 0 Å². The van der Waals surface area contributed by atoms with E-state index in [4.69, 9.17) is 17.3 Å². The SMILES string of the molecule is NC(=O)c1ccc(N2CCCCC2)c(NC(=O)c2cc3cc(Cl)ccc3[nH]2)c1. The number of hydrogen-bond donors (Lipinski definition) is 3. The van der Waals surface area contributed by atoms with Gasteiger partial charge >= 0.3 is 0 Å². The average molecular weight is 397 g/mol. The van der Waals surface area contributed by atoms with Crippen molar-refractivity contribution < 1.29 is 9.59 Å². The monoisotopic (exact) mass is 396 g/mol. The second-order valence-electron chi connectivity index (χ2n) is 7.01. The number of fused-ring (bicyclic) bond motifs is 1. The molecule has 1 saturated heterocycles. The standard InChI is InChI=1S/C21H21ClN4O2/c22-15-5-6-16-14(10-15)12-18(24-16)21(28)25-17-11-13(20(23)27)4-7-19(17)26-8-2-1-3-9-26/h4-7,10-12,24H,1-3,8-9H2,(H2,23,27)(H,25,28). The first-order valence-corrected chi connectivity index (χ1v) is 9.67. The molecule has 144 valence electrons. The maximum absolute atomic E-state index is 12.9. The van der Waals surface area contributed by atoms with Crippen molar-refractivity contribution in [1.82, 2.24) is 4.98 Å². The van der Waals surface area contributed by atoms with E-state index in [0.29, 0.717) is 22.0 Å². The Morgan fingerprint density at radius 1 is 1.04 bits per heavy atom. The van der Waals surface area contributed by atoms with Crippen molar-refractivity contribution >= 4 is 45.7 Å². The number of H-pyrrole nitrogens is 1. The maximum Gasteiger partial charge on any atom is 0.272 e. The summed E-state index contributed by atoms with van der Waals surface area (Å²) in [5.41, 5.74) is 8.53. The molecule has 0 atom stereocenters. The van der Waals surface area contributed by atoms with Crippen LogP contribution >= 0.6 is 11.6 Å². The molecule has 0 unspecified atom stereocenters. The zero-order valence-electron chi connectivity index (χ0n) is 15.3. The Hall–Kier alpha value is -2.99. The second-order valence-corrected chi connectivity index (χ2v) is 7.45. The van der Waals surface area contributed by atoms with E-state index in [1.807, 2.05) is 12.1 Å². The largest absolute Gasteiger partial charge is 0.370 e. The number of primary amides is 1. The van der Waals surface area contributed by atoms with Gasteiger partial charge in [0.2, 0.25) is 5.91 Å². The van der Waals surface area contributed by atoms with Crippen LogP contribution in [-0.2, 0) is 0 Å². The second kappa shape index (κ2) is 7.56. The summed E-state index contributed by atoms with van der Waals surface area (Å²) in [6, 6.07) is 12.4. The molecule has 0 spiro atoms. The summed E-state index contributed by atoms with van der Waals surface area (Å²) in [5.74, 6) is -0.812. The third kappa shape index (κ3) is 3.68. The molecule has 2 heterocycles. The zero-order valence-corrected chi connectivity index (χ0v) is 16.1. The highest BCUT2D eigenvalue weighted by atomic mass is 35.5. The Balaban J connectivity index is 1.66. The molecule has 7 heteroatoms. The molecule has 0 radical (unpaired) electrons. The lowest BCUT2D eigenvalue weighted by molar-refractivity contribution is 0.0995. The quantitative estimate of drug-likeness (QED) is 0.618. The van der Waals surface area contributed by atoms with Crippen LogP contribution in [0, 0.1) is 0 Å². The van der Waals surface area contributed by atoms with E-state index in [9.17, 15) is 9.59 Å². The van der Waals surface area contributed by atoms with Crippen molar-refractivity contribution in [1.29, 1.82) is 0 Å². The normalized spacial score (nSPS) is 14.2. The van der Waals surface area contributed by atoms with E-state index >= 15 is 0 Å². The number of aromatic nitrogens is 1. The molecule has 0 saturated carbocycles. The molecule has 0 aliphatic carbocycles. The zero-order chi connectivity index (χ0) is 19.7. The van der Waals surface area contributed by atoms with Crippen molar-refractivity contribution in [2.45, 2.75) is 19.3 Å². The summed E-state index contributed by atoms with van der Waals surface area (Å²) >= 11 is 6.03. The predicted molar refractivity (Wildman–Crippen MR) is 112 cm³/mol. The number of piperidine rings is 1. The molecule has 1 aromatic heterocycles. The van der Waals surface area contributed by atoms with Gasteiger partial charge in [0.05, 0.1) is 11.4 Å². The van der Waals surface area contributed by atoms with Gasteiger partial charge < -0.3 is 20.9 Å². The number of rotatable bonds is 4. The first kappa shape index (κ1) is 18.4. The lowest BCUT2D eigenvalue weighted by Crippen LogP contribution is -2.30. The minimum absolute atomic E-state index is 0.285. The summed E-state index contributed by atoms with van der Waals surface area (Å²) in [6.45, 7) is 1.84. The summed E-state index contributed by atoms with van der Waals surface area (Å²) in [7, 11) is 0. The van der Waals surface area contributed by atoms with E-state index in [0.717, 1.165) is 42.5 Å². The van der Waals surface area contributed by atoms with Gasteiger partial charge in [-0.3, -0.25) is 9.59 Å². The van der Waals surface area contributed by atoms with E-state index < -0.39 is 5.91 Å². The van der Waals surface area contributed by atoms with Crippen LogP contribution in [0.1, 0.15) is 40.1 Å². The van der Waals surface area contributed by atoms with Gasteiger partial charge in [0, 0.05) is 34.6 Å². The van der Waals surface area contributed by atoms with E-state index in [2.05, 4.69) is 15.2 Å². The van der Waals surface area contributed by atoms with E-state index in [1.165, 1.54) is 6.42 Å². The average Bonchev–Trinajstić information content (AvgIpc) is 3.12. The van der Waals surface area contributed by atoms with Gasteiger partial charge in [-0.15, -0.1) is 0 Å². The fourth-order valence-electron chi connectivity index (χ4n) is 3.62. The Labute approximate surface area is 167 Å². The predicted octanol–water partition coefficient (Wildman–Crippen LogP) is 4.16. The summed E-state index contributed by atoms with van der Waals surface area (Å²) in [5, 5.41) is 4.41. The molecule has 4 N–H and O–H groups in total. The van der Waals surface area contributed by atoms with Gasteiger partial charge in [-0.1, -0.05) is 11.6 Å². The summed E-state index contributed by atoms with van der Waals surface area (Å²) in [6.07, 6.45) is 3.41. The highest BCUT2D eigenvalue weighted by molar-refractivity contribution is 6.31. The first-order valence-electron chi connectivity index (χ1n) is 9.30. The number of anilines is 2. The van der Waals surface area contributed by atoms with Gasteiger partial charge in [0.1, 0.15) is 5.69 Å². The van der Waals surface area contributed by atoms with Crippen LogP contribution < -0.4 is 16.0 Å². The number of amides is 2. The third-order valence-electron chi connectivity index (χ3n) is 5.05. The topological polar surface area (TPSA) is 91.2 Å². The van der Waals surface area contributed by atoms with Crippen LogP contribution in [0.5, 0.6) is 0 Å². The smallest absolute Gasteiger partial charge is 0.272 e. The van der Waals surface area contributed by atoms with Gasteiger partial charge in [0.25, 0.3) is 5.91 Å². The first-order chi connectivity index (χ1) is 13.5. The molecule has 28 heavy (non-hydrogen) atoms. The molecule has 4 rings (SSSR count). The van der Waals surface area contributed by atoms with Gasteiger partial charge in [-0.05, 0) is 61.7 Å². The Kier molecular flexibility index (Phi) is 4.96. The summed E-state index contributed by atoms with van der Waals surface area (Å²) < 4.78 is 0. The lowest BCUT2D eigenvalue weighted by atomic mass is 10.1. The number of carbonyl (C=O) groups is 2. The molecule has 2 aromatic carbocycles. The molecule has 2 amide bonds. The van der Waals surface area contributed by atoms with Crippen LogP contribution in [0.15, 0.2) is 42.5 Å². The van der Waals surface area contributed by atoms with Gasteiger partial charge in [-0.2, -0.15) is 0 Å². The third-order valence-corrected chi connectivity index (χ3v) is 5.29. The number of halogens is 1. The van der Waals surface area contributed by atoms with E-state index in [1.54, 1.807) is 30.3 Å². The van der Waals surface area contributed by atoms with Crippen molar-refractivity contribution in [2.24, 2.45) is 5.73 Å². The maximum atomic E-state index is 12.9. The minimum Gasteiger partial charge on any atom is -0.370 e. The number of carbonyl (C=O) groups excluding carboxylic acids is 2. The number of nitrogens with two attached hydrogens (primary N) is 1. The number of hydrogen-bond acceptors (Lipinski definition) is 3. The van der Waals surface area contributed by atoms with Crippen LogP contribution in [0.3, 0.4) is 0 Å². The number of nitrogens with one attached hydrogen (secondary N) is 2. The fraction of sp³-hybridized carbons (Fsp3) is 0.238. The van der Waals surface area contributed by atoms with Crippen LogP contribution in [0.2, 0.25) is 5.02 Å². The molecule has 1 fully saturated rings. The van der Waals surface area contributed by atoms with Crippen LogP contribution in [-0.4, -0.2) is 29.9 Å². The molecule has 3 aromatic rings. The highest BCUT2D eigenvalue weighted by Crippen LogP contribution is 2.30. The molecular formula is C21H21ClN4O2. The number of aromatic amines is 1. The fourth-order valence-corrected chi connectivity index (χ4v) is 3.80. The van der Waals surface area contributed by atoms with Crippen LogP contribution in [0.4, 0.5) is 11.4 Å². The molecule has 1 aliphatic rings. The minimum atomic E-state index is -0.527.